The first kappa shape index (κ1) is 34.3. The highest BCUT2D eigenvalue weighted by Crippen LogP contribution is 2.37. The van der Waals surface area contributed by atoms with Crippen molar-refractivity contribution in [3.05, 3.63) is 89.1 Å². The van der Waals surface area contributed by atoms with Crippen LogP contribution in [-0.4, -0.2) is 62.1 Å². The van der Waals surface area contributed by atoms with E-state index >= 15 is 0 Å². The maximum absolute atomic E-state index is 13.9. The number of hydrogen-bond acceptors (Lipinski definition) is 7. The van der Waals surface area contributed by atoms with Crippen LogP contribution in [0.25, 0.3) is 0 Å². The van der Waals surface area contributed by atoms with E-state index in [0.717, 1.165) is 12.1 Å². The fourth-order valence-corrected chi connectivity index (χ4v) is 5.99. The zero-order valence-corrected chi connectivity index (χ0v) is 25.4. The third-order valence-corrected chi connectivity index (χ3v) is 9.59. The van der Waals surface area contributed by atoms with Gasteiger partial charge in [-0.3, -0.25) is 4.79 Å². The molecule has 1 unspecified atom stereocenters. The van der Waals surface area contributed by atoms with Crippen molar-refractivity contribution in [2.24, 2.45) is 0 Å². The molecular weight excluding hydrogens is 621 g/mol. The number of aromatic nitrogens is 1. The zero-order valence-electron chi connectivity index (χ0n) is 24.6. The van der Waals surface area contributed by atoms with Gasteiger partial charge in [-0.05, 0) is 53.9 Å². The molecule has 1 amide bonds. The van der Waals surface area contributed by atoms with E-state index in [1.54, 1.807) is 4.90 Å². The van der Waals surface area contributed by atoms with Crippen LogP contribution < -0.4 is 10.2 Å². The summed E-state index contributed by atoms with van der Waals surface area (Å²) < 4.78 is 96.1. The molecule has 244 valence electrons. The first-order valence-electron chi connectivity index (χ1n) is 14.3. The van der Waals surface area contributed by atoms with Gasteiger partial charge >= 0.3 is 12.3 Å². The maximum Gasteiger partial charge on any atom is 0.416 e. The Labute approximate surface area is 258 Å². The molecule has 1 fully saturated rings. The molecule has 0 bridgehead atoms. The van der Waals surface area contributed by atoms with Crippen LogP contribution in [0.1, 0.15) is 65.7 Å². The Hall–Kier alpha value is -3.62. The molecule has 45 heavy (non-hydrogen) atoms. The van der Waals surface area contributed by atoms with Crippen LogP contribution in [0.5, 0.6) is 0 Å². The van der Waals surface area contributed by atoms with Gasteiger partial charge < -0.3 is 20.1 Å². The number of sulfone groups is 1. The predicted octanol–water partition coefficient (Wildman–Crippen LogP) is 5.74. The van der Waals surface area contributed by atoms with E-state index in [4.69, 9.17) is 4.74 Å². The van der Waals surface area contributed by atoms with Gasteiger partial charge in [0.15, 0.2) is 9.84 Å². The second-order valence-electron chi connectivity index (χ2n) is 10.7. The SMILES string of the molecule is CCC(F)(F)OC[C@@H]1CC(c2ccc(C(F)(F)F)cc2)CN1c1ccc(C(=O)N[C@@H](CO)c2ccc(S(=O)(=O)CC)cc2)cn1. The minimum atomic E-state index is -4.49. The molecule has 14 heteroatoms. The minimum absolute atomic E-state index is 0.0678. The molecular formula is C31H34F5N3O5S. The van der Waals surface area contributed by atoms with Crippen LogP contribution in [0.2, 0.25) is 0 Å². The molecule has 0 radical (unpaired) electrons. The summed E-state index contributed by atoms with van der Waals surface area (Å²) in [5.41, 5.74) is 0.461. The molecule has 3 aromatic rings. The number of halogens is 5. The normalized spacial score (nSPS) is 18.2. The van der Waals surface area contributed by atoms with Crippen molar-refractivity contribution in [3.63, 3.8) is 0 Å². The first-order valence-corrected chi connectivity index (χ1v) is 16.0. The topological polar surface area (TPSA) is 109 Å². The van der Waals surface area contributed by atoms with Gasteiger partial charge in [0.2, 0.25) is 0 Å². The average molecular weight is 656 g/mol. The van der Waals surface area contributed by atoms with Gasteiger partial charge in [-0.1, -0.05) is 38.1 Å². The first-order chi connectivity index (χ1) is 21.2. The highest BCUT2D eigenvalue weighted by molar-refractivity contribution is 7.91. The number of alkyl halides is 5. The van der Waals surface area contributed by atoms with Crippen molar-refractivity contribution in [1.82, 2.24) is 10.3 Å². The number of carbonyl (C=O) groups is 1. The van der Waals surface area contributed by atoms with E-state index in [-0.39, 0.29) is 35.3 Å². The van der Waals surface area contributed by atoms with Gasteiger partial charge in [-0.2, -0.15) is 22.0 Å². The summed E-state index contributed by atoms with van der Waals surface area (Å²) in [5.74, 6) is -0.558. The standard InChI is InChI=1S/C31H34F5N3O5S/c1-3-30(32,33)44-19-25-15-23(20-5-10-24(11-6-20)31(34,35)36)17-39(25)28-14-9-22(16-37-28)29(41)38-27(18-40)21-7-12-26(13-8-21)45(42,43)4-2/h5-14,16,23,25,27,40H,3-4,15,17-19H2,1-2H3,(H,38,41)/t23?,25-,27-/m0/s1. The smallest absolute Gasteiger partial charge is 0.394 e. The number of nitrogens with one attached hydrogen (secondary N) is 1. The van der Waals surface area contributed by atoms with Crippen LogP contribution in [0.4, 0.5) is 27.8 Å². The van der Waals surface area contributed by atoms with E-state index in [9.17, 15) is 40.3 Å². The largest absolute Gasteiger partial charge is 0.416 e. The molecule has 1 aliphatic heterocycles. The van der Waals surface area contributed by atoms with Crippen LogP contribution in [0.3, 0.4) is 0 Å². The summed E-state index contributed by atoms with van der Waals surface area (Å²) in [6.45, 7) is 2.28. The third-order valence-electron chi connectivity index (χ3n) is 7.84. The van der Waals surface area contributed by atoms with Crippen LogP contribution in [-0.2, 0) is 20.8 Å². The third kappa shape index (κ3) is 8.35. The summed E-state index contributed by atoms with van der Waals surface area (Å²) in [6.07, 6.45) is -6.74. The Morgan fingerprint density at radius 3 is 2.24 bits per heavy atom. The van der Waals surface area contributed by atoms with Crippen LogP contribution in [0, 0.1) is 0 Å². The molecule has 0 spiro atoms. The zero-order chi connectivity index (χ0) is 33.0. The van der Waals surface area contributed by atoms with Crippen LogP contribution in [0.15, 0.2) is 71.8 Å². The van der Waals surface area contributed by atoms with Gasteiger partial charge in [0.25, 0.3) is 5.91 Å². The number of ether oxygens (including phenoxy) is 1. The quantitative estimate of drug-likeness (QED) is 0.240. The lowest BCUT2D eigenvalue weighted by molar-refractivity contribution is -0.241. The number of amides is 1. The monoisotopic (exact) mass is 655 g/mol. The van der Waals surface area contributed by atoms with Crippen molar-refractivity contribution in [2.45, 2.75) is 61.9 Å². The highest BCUT2D eigenvalue weighted by Gasteiger charge is 2.38. The van der Waals surface area contributed by atoms with Crippen molar-refractivity contribution in [1.29, 1.82) is 0 Å². The number of rotatable bonds is 12. The Balaban J connectivity index is 1.50. The second kappa shape index (κ2) is 13.8. The lowest BCUT2D eigenvalue weighted by Crippen LogP contribution is -2.36. The number of aliphatic hydroxyl groups is 1. The number of nitrogens with zero attached hydrogens (tertiary/aromatic N) is 2. The number of aliphatic hydroxyl groups excluding tert-OH is 1. The number of benzene rings is 2. The molecule has 2 N–H and O–H groups in total. The Morgan fingerprint density at radius 2 is 1.71 bits per heavy atom. The number of pyridine rings is 1. The van der Waals surface area contributed by atoms with Crippen LogP contribution >= 0.6 is 0 Å². The van der Waals surface area contributed by atoms with E-state index in [0.29, 0.717) is 23.4 Å². The fraction of sp³-hybridized carbons (Fsp3) is 0.419. The maximum atomic E-state index is 13.9. The Bertz CT molecular complexity index is 1550. The lowest BCUT2D eigenvalue weighted by atomic mass is 9.95. The van der Waals surface area contributed by atoms with E-state index in [2.05, 4.69) is 10.3 Å². The molecule has 1 aliphatic rings. The Morgan fingerprint density at radius 1 is 1.04 bits per heavy atom. The molecule has 0 aliphatic carbocycles. The van der Waals surface area contributed by atoms with Crippen molar-refractivity contribution in [2.75, 3.05) is 30.4 Å². The second-order valence-corrected chi connectivity index (χ2v) is 13.0. The van der Waals surface area contributed by atoms with Crippen molar-refractivity contribution < 1.29 is 45.0 Å². The molecule has 1 saturated heterocycles. The molecule has 0 saturated carbocycles. The van der Waals surface area contributed by atoms with Gasteiger partial charge in [-0.15, -0.1) is 0 Å². The molecule has 2 heterocycles. The van der Waals surface area contributed by atoms with Crippen molar-refractivity contribution in [3.8, 4) is 0 Å². The Kier molecular flexibility index (Phi) is 10.5. The van der Waals surface area contributed by atoms with E-state index in [1.807, 2.05) is 0 Å². The molecule has 3 atom stereocenters. The molecule has 2 aromatic carbocycles. The van der Waals surface area contributed by atoms with Crippen molar-refractivity contribution >= 4 is 21.6 Å². The summed E-state index contributed by atoms with van der Waals surface area (Å²) in [7, 11) is -3.42. The summed E-state index contributed by atoms with van der Waals surface area (Å²) in [6, 6.07) is 12.2. The molecule has 1 aromatic heterocycles. The average Bonchev–Trinajstić information content (AvgIpc) is 3.47. The number of anilines is 1. The van der Waals surface area contributed by atoms with Gasteiger partial charge in [0.05, 0.1) is 47.1 Å². The fourth-order valence-electron chi connectivity index (χ4n) is 5.10. The lowest BCUT2D eigenvalue weighted by Gasteiger charge is -2.27. The van der Waals surface area contributed by atoms with Gasteiger partial charge in [0.1, 0.15) is 5.82 Å². The summed E-state index contributed by atoms with van der Waals surface area (Å²) >= 11 is 0. The van der Waals surface area contributed by atoms with Gasteiger partial charge in [0, 0.05) is 25.1 Å². The minimum Gasteiger partial charge on any atom is -0.394 e. The van der Waals surface area contributed by atoms with E-state index in [1.165, 1.54) is 68.6 Å². The predicted molar refractivity (Wildman–Crippen MR) is 157 cm³/mol. The highest BCUT2D eigenvalue weighted by atomic mass is 32.2. The molecule has 8 nitrogen and oxygen atoms in total. The summed E-state index contributed by atoms with van der Waals surface area (Å²) in [5, 5.41) is 12.6. The van der Waals surface area contributed by atoms with Gasteiger partial charge in [-0.25, -0.2) is 13.4 Å². The summed E-state index contributed by atoms with van der Waals surface area (Å²) in [4.78, 5) is 19.2. The van der Waals surface area contributed by atoms with E-state index < -0.39 is 58.7 Å². The molecule has 4 rings (SSSR count). The number of carbonyl (C=O) groups excluding carboxylic acids is 1. The number of hydrogen-bond donors (Lipinski definition) is 2.